The van der Waals surface area contributed by atoms with Crippen molar-refractivity contribution in [2.75, 3.05) is 6.61 Å². The Bertz CT molecular complexity index is 495. The number of fused-ring (bicyclic) bond motifs is 1. The number of allylic oxidation sites excluding steroid dienone is 2. The highest BCUT2D eigenvalue weighted by Gasteiger charge is 2.52. The molecule has 0 aromatic rings. The molecule has 6 atom stereocenters. The van der Waals surface area contributed by atoms with E-state index in [9.17, 15) is 9.90 Å². The minimum Gasteiger partial charge on any atom is -0.463 e. The molecule has 2 aliphatic carbocycles. The summed E-state index contributed by atoms with van der Waals surface area (Å²) < 4.78 is 5.06. The highest BCUT2D eigenvalue weighted by atomic mass is 16.5. The average molecular weight is 335 g/mol. The quantitative estimate of drug-likeness (QED) is 0.457. The van der Waals surface area contributed by atoms with Crippen molar-refractivity contribution in [1.29, 1.82) is 0 Å². The maximum absolute atomic E-state index is 11.8. The lowest BCUT2D eigenvalue weighted by Crippen LogP contribution is -2.51. The first-order valence-electron chi connectivity index (χ1n) is 9.47. The third kappa shape index (κ3) is 3.77. The summed E-state index contributed by atoms with van der Waals surface area (Å²) in [7, 11) is 0. The van der Waals surface area contributed by atoms with Gasteiger partial charge in [-0.05, 0) is 75.0 Å². The Balaban J connectivity index is 2.17. The standard InChI is InChI=1S/C21H34O3/c1-6-8-17-18-10-9-16(14(3)11-20(23)24-7-2)13-21(18,5)15(4)12-19(17)22/h6,11,15-19,22H,1,7-10,12-13H2,2-5H3/b14-11+/t15-,16-,17+,18-,19+,21+/m1/s1. The SMILES string of the molecule is C=CC[C@H]1[C@H]2CC[C@@H](/C(C)=C/C(=O)OCC)C[C@@]2(C)[C@H](C)C[C@@H]1O. The molecule has 0 aromatic carbocycles. The summed E-state index contributed by atoms with van der Waals surface area (Å²) in [6.07, 6.45) is 8.52. The predicted octanol–water partition coefficient (Wildman–Crippen LogP) is 4.51. The van der Waals surface area contributed by atoms with Crippen LogP contribution in [0.5, 0.6) is 0 Å². The molecule has 0 aliphatic heterocycles. The van der Waals surface area contributed by atoms with Crippen LogP contribution in [0.1, 0.15) is 59.8 Å². The van der Waals surface area contributed by atoms with Crippen molar-refractivity contribution >= 4 is 5.97 Å². The molecule has 0 heterocycles. The van der Waals surface area contributed by atoms with Crippen LogP contribution in [0.3, 0.4) is 0 Å². The number of ether oxygens (including phenoxy) is 1. The van der Waals surface area contributed by atoms with Gasteiger partial charge in [0.05, 0.1) is 12.7 Å². The van der Waals surface area contributed by atoms with Crippen molar-refractivity contribution in [2.24, 2.45) is 29.1 Å². The molecule has 2 rings (SSSR count). The topological polar surface area (TPSA) is 46.5 Å². The summed E-state index contributed by atoms with van der Waals surface area (Å²) in [4.78, 5) is 11.8. The molecular formula is C21H34O3. The van der Waals surface area contributed by atoms with Gasteiger partial charge in [0.1, 0.15) is 0 Å². The Hall–Kier alpha value is -1.09. The summed E-state index contributed by atoms with van der Waals surface area (Å²) in [6, 6.07) is 0. The zero-order valence-electron chi connectivity index (χ0n) is 15.8. The van der Waals surface area contributed by atoms with E-state index >= 15 is 0 Å². The summed E-state index contributed by atoms with van der Waals surface area (Å²) >= 11 is 0. The lowest BCUT2D eigenvalue weighted by molar-refractivity contribution is -0.137. The zero-order valence-corrected chi connectivity index (χ0v) is 15.8. The molecule has 0 unspecified atom stereocenters. The molecule has 0 bridgehead atoms. The van der Waals surface area contributed by atoms with E-state index in [0.29, 0.717) is 30.3 Å². The molecule has 2 fully saturated rings. The van der Waals surface area contributed by atoms with Gasteiger partial charge in [-0.3, -0.25) is 0 Å². The summed E-state index contributed by atoms with van der Waals surface area (Å²) in [5.41, 5.74) is 1.37. The fraction of sp³-hybridized carbons (Fsp3) is 0.762. The molecule has 136 valence electrons. The minimum absolute atomic E-state index is 0.205. The third-order valence-electron chi connectivity index (χ3n) is 6.81. The third-order valence-corrected chi connectivity index (χ3v) is 6.81. The van der Waals surface area contributed by atoms with Crippen LogP contribution in [0.15, 0.2) is 24.3 Å². The van der Waals surface area contributed by atoms with Gasteiger partial charge in [-0.25, -0.2) is 4.79 Å². The van der Waals surface area contributed by atoms with E-state index in [4.69, 9.17) is 4.74 Å². The number of aliphatic hydroxyl groups is 1. The maximum atomic E-state index is 11.8. The van der Waals surface area contributed by atoms with E-state index in [-0.39, 0.29) is 17.5 Å². The first-order chi connectivity index (χ1) is 11.3. The van der Waals surface area contributed by atoms with Gasteiger partial charge in [-0.1, -0.05) is 25.5 Å². The highest BCUT2D eigenvalue weighted by molar-refractivity contribution is 5.82. The van der Waals surface area contributed by atoms with Crippen LogP contribution in [0.2, 0.25) is 0 Å². The monoisotopic (exact) mass is 334 g/mol. The van der Waals surface area contributed by atoms with Crippen molar-refractivity contribution in [3.63, 3.8) is 0 Å². The van der Waals surface area contributed by atoms with Gasteiger partial charge in [0.25, 0.3) is 0 Å². The molecule has 2 saturated carbocycles. The normalized spacial score (nSPS) is 39.9. The minimum atomic E-state index is -0.223. The maximum Gasteiger partial charge on any atom is 0.330 e. The summed E-state index contributed by atoms with van der Waals surface area (Å²) in [5, 5.41) is 10.6. The summed E-state index contributed by atoms with van der Waals surface area (Å²) in [5.74, 6) is 1.59. The lowest BCUT2D eigenvalue weighted by atomic mass is 9.49. The Labute approximate surface area is 147 Å². The average Bonchev–Trinajstić information content (AvgIpc) is 2.51. The Kier molecular flexibility index (Phi) is 6.30. The Morgan fingerprint density at radius 1 is 1.42 bits per heavy atom. The number of carbonyl (C=O) groups is 1. The molecule has 2 aliphatic rings. The fourth-order valence-electron chi connectivity index (χ4n) is 5.23. The van der Waals surface area contributed by atoms with Gasteiger partial charge < -0.3 is 9.84 Å². The smallest absolute Gasteiger partial charge is 0.330 e. The molecule has 24 heavy (non-hydrogen) atoms. The number of carbonyl (C=O) groups excluding carboxylic acids is 1. The van der Waals surface area contributed by atoms with Gasteiger partial charge in [0.15, 0.2) is 0 Å². The number of aliphatic hydroxyl groups excluding tert-OH is 1. The van der Waals surface area contributed by atoms with Crippen LogP contribution in [-0.4, -0.2) is 23.8 Å². The number of esters is 1. The van der Waals surface area contributed by atoms with Crippen molar-refractivity contribution in [2.45, 2.75) is 65.9 Å². The molecule has 0 amide bonds. The van der Waals surface area contributed by atoms with Crippen LogP contribution in [0.25, 0.3) is 0 Å². The van der Waals surface area contributed by atoms with Crippen molar-refractivity contribution in [3.05, 3.63) is 24.3 Å². The number of hydrogen-bond acceptors (Lipinski definition) is 3. The Morgan fingerprint density at radius 3 is 2.75 bits per heavy atom. The fourth-order valence-corrected chi connectivity index (χ4v) is 5.23. The van der Waals surface area contributed by atoms with Gasteiger partial charge in [-0.15, -0.1) is 6.58 Å². The molecule has 1 N–H and O–H groups in total. The Morgan fingerprint density at radius 2 is 2.12 bits per heavy atom. The van der Waals surface area contributed by atoms with Crippen molar-refractivity contribution < 1.29 is 14.6 Å². The van der Waals surface area contributed by atoms with Gasteiger partial charge in [0, 0.05) is 6.08 Å². The van der Waals surface area contributed by atoms with Gasteiger partial charge >= 0.3 is 5.97 Å². The van der Waals surface area contributed by atoms with E-state index in [1.54, 1.807) is 6.08 Å². The molecule has 0 aromatic heterocycles. The van der Waals surface area contributed by atoms with Crippen LogP contribution in [0, 0.1) is 29.1 Å². The highest BCUT2D eigenvalue weighted by Crippen LogP contribution is 2.58. The van der Waals surface area contributed by atoms with E-state index in [0.717, 1.165) is 37.7 Å². The van der Waals surface area contributed by atoms with Crippen molar-refractivity contribution in [1.82, 2.24) is 0 Å². The first-order valence-corrected chi connectivity index (χ1v) is 9.47. The van der Waals surface area contributed by atoms with Crippen LogP contribution in [0.4, 0.5) is 0 Å². The second kappa shape index (κ2) is 7.86. The van der Waals surface area contributed by atoms with E-state index in [1.807, 2.05) is 13.0 Å². The van der Waals surface area contributed by atoms with E-state index in [1.165, 1.54) is 0 Å². The lowest BCUT2D eigenvalue weighted by Gasteiger charge is -2.56. The first kappa shape index (κ1) is 19.2. The van der Waals surface area contributed by atoms with Crippen molar-refractivity contribution in [3.8, 4) is 0 Å². The number of rotatable bonds is 5. The van der Waals surface area contributed by atoms with E-state index in [2.05, 4.69) is 27.4 Å². The number of hydrogen-bond donors (Lipinski definition) is 1. The summed E-state index contributed by atoms with van der Waals surface area (Å²) in [6.45, 7) is 12.9. The van der Waals surface area contributed by atoms with E-state index < -0.39 is 0 Å². The second-order valence-corrected chi connectivity index (χ2v) is 8.12. The molecular weight excluding hydrogens is 300 g/mol. The molecule has 3 nitrogen and oxygen atoms in total. The zero-order chi connectivity index (χ0) is 17.9. The molecule has 0 radical (unpaired) electrons. The van der Waals surface area contributed by atoms with Crippen LogP contribution < -0.4 is 0 Å². The molecule has 0 saturated heterocycles. The molecule has 3 heteroatoms. The molecule has 0 spiro atoms. The second-order valence-electron chi connectivity index (χ2n) is 8.12. The van der Waals surface area contributed by atoms with Gasteiger partial charge in [-0.2, -0.15) is 0 Å². The van der Waals surface area contributed by atoms with Crippen LogP contribution in [-0.2, 0) is 9.53 Å². The predicted molar refractivity (Wildman–Crippen MR) is 97.4 cm³/mol. The van der Waals surface area contributed by atoms with Gasteiger partial charge in [0.2, 0.25) is 0 Å². The van der Waals surface area contributed by atoms with Crippen LogP contribution >= 0.6 is 0 Å². The largest absolute Gasteiger partial charge is 0.463 e.